The lowest BCUT2D eigenvalue weighted by Gasteiger charge is -2.27. The van der Waals surface area contributed by atoms with Crippen LogP contribution in [0.3, 0.4) is 0 Å². The third-order valence-corrected chi connectivity index (χ3v) is 2.69. The average molecular weight is 255 g/mol. The maximum Gasteiger partial charge on any atom is 0.268 e. The minimum Gasteiger partial charge on any atom is -0.756 e. The largest absolute Gasteiger partial charge is 0.756 e. The Morgan fingerprint density at radius 2 is 1.69 bits per heavy atom. The monoisotopic (exact) mass is 255 g/mol. The van der Waals surface area contributed by atoms with E-state index in [1.165, 1.54) is 0 Å². The number of ether oxygens (including phenoxy) is 1. The van der Waals surface area contributed by atoms with Gasteiger partial charge in [0, 0.05) is 6.61 Å². The molecule has 7 heteroatoms. The van der Waals surface area contributed by atoms with Crippen LogP contribution in [0.4, 0.5) is 0 Å². The number of hydrogen-bond donors (Lipinski definition) is 0. The zero-order chi connectivity index (χ0) is 12.7. The van der Waals surface area contributed by atoms with Crippen molar-refractivity contribution in [3.63, 3.8) is 0 Å². The summed E-state index contributed by atoms with van der Waals surface area (Å²) in [7, 11) is 1.70. The van der Waals surface area contributed by atoms with Gasteiger partial charge < -0.3 is 23.2 Å². The van der Waals surface area contributed by atoms with Gasteiger partial charge in [0.2, 0.25) is 0 Å². The number of nitrogens with zero attached hydrogens (tertiary/aromatic N) is 1. The van der Waals surface area contributed by atoms with Crippen LogP contribution in [-0.4, -0.2) is 58.6 Å². The highest BCUT2D eigenvalue weighted by Gasteiger charge is 2.12. The van der Waals surface area contributed by atoms with Crippen molar-refractivity contribution in [2.24, 2.45) is 0 Å². The predicted octanol–water partition coefficient (Wildman–Crippen LogP) is 0.231. The molecule has 0 amide bonds. The fourth-order valence-electron chi connectivity index (χ4n) is 0.816. The van der Waals surface area contributed by atoms with Crippen molar-refractivity contribution in [3.05, 3.63) is 0 Å². The molecular weight excluding hydrogens is 233 g/mol. The minimum atomic E-state index is -4.16. The van der Waals surface area contributed by atoms with Gasteiger partial charge in [0.1, 0.15) is 13.2 Å². The molecule has 1 unspecified atom stereocenters. The van der Waals surface area contributed by atoms with Crippen LogP contribution >= 0.6 is 7.82 Å². The molecule has 0 aliphatic heterocycles. The molecule has 0 spiro atoms. The summed E-state index contributed by atoms with van der Waals surface area (Å²) in [5.41, 5.74) is 0. The first-order chi connectivity index (χ1) is 7.27. The predicted molar refractivity (Wildman–Crippen MR) is 58.9 cm³/mol. The third-order valence-electron chi connectivity index (χ3n) is 1.69. The van der Waals surface area contributed by atoms with E-state index in [9.17, 15) is 9.46 Å². The van der Waals surface area contributed by atoms with Crippen LogP contribution in [-0.2, 0) is 18.3 Å². The fourth-order valence-corrected chi connectivity index (χ4v) is 1.49. The molecular formula is C9H22NO5P. The van der Waals surface area contributed by atoms with E-state index in [1.807, 2.05) is 28.1 Å². The van der Waals surface area contributed by atoms with E-state index >= 15 is 0 Å². The standard InChI is InChI=1S/C9H22NO5P/c1-5-13-8-9-15-16(11,12)14-7-6-10(2,3)4/h5-9H2,1-4H3. The van der Waals surface area contributed by atoms with Gasteiger partial charge in [-0.05, 0) is 6.92 Å². The normalized spacial score (nSPS) is 16.1. The molecule has 0 bridgehead atoms. The quantitative estimate of drug-likeness (QED) is 0.335. The van der Waals surface area contributed by atoms with Crippen LogP contribution < -0.4 is 4.89 Å². The number of hydrogen-bond acceptors (Lipinski definition) is 5. The van der Waals surface area contributed by atoms with Crippen molar-refractivity contribution in [2.45, 2.75) is 6.92 Å². The van der Waals surface area contributed by atoms with Gasteiger partial charge in [0.25, 0.3) is 7.82 Å². The van der Waals surface area contributed by atoms with Crippen molar-refractivity contribution < 1.29 is 27.7 Å². The van der Waals surface area contributed by atoms with Gasteiger partial charge in [-0.1, -0.05) is 0 Å². The van der Waals surface area contributed by atoms with Crippen LogP contribution in [0.25, 0.3) is 0 Å². The summed E-state index contributed by atoms with van der Waals surface area (Å²) < 4.78 is 26.1. The first kappa shape index (κ1) is 16.0. The van der Waals surface area contributed by atoms with E-state index in [0.29, 0.717) is 17.6 Å². The highest BCUT2D eigenvalue weighted by atomic mass is 31.2. The lowest BCUT2D eigenvalue weighted by Crippen LogP contribution is -2.37. The molecule has 0 fully saturated rings. The summed E-state index contributed by atoms with van der Waals surface area (Å²) in [6.45, 7) is 3.34. The van der Waals surface area contributed by atoms with Gasteiger partial charge in [-0.25, -0.2) is 0 Å². The first-order valence-electron chi connectivity index (χ1n) is 5.25. The van der Waals surface area contributed by atoms with Crippen molar-refractivity contribution in [2.75, 3.05) is 54.1 Å². The molecule has 0 N–H and O–H groups in total. The number of rotatable bonds is 9. The zero-order valence-electron chi connectivity index (χ0n) is 10.5. The van der Waals surface area contributed by atoms with Crippen molar-refractivity contribution in [1.82, 2.24) is 0 Å². The van der Waals surface area contributed by atoms with Crippen molar-refractivity contribution in [1.29, 1.82) is 0 Å². The molecule has 0 aliphatic rings. The van der Waals surface area contributed by atoms with Crippen LogP contribution in [0.1, 0.15) is 6.92 Å². The molecule has 0 saturated carbocycles. The van der Waals surface area contributed by atoms with Gasteiger partial charge in [-0.2, -0.15) is 0 Å². The third kappa shape index (κ3) is 10.5. The number of phosphoric ester groups is 1. The molecule has 0 aliphatic carbocycles. The molecule has 0 aromatic heterocycles. The Kier molecular flexibility index (Phi) is 7.39. The van der Waals surface area contributed by atoms with E-state index < -0.39 is 7.82 Å². The van der Waals surface area contributed by atoms with Gasteiger partial charge >= 0.3 is 0 Å². The summed E-state index contributed by atoms with van der Waals surface area (Å²) in [4.78, 5) is 11.2. The Morgan fingerprint density at radius 1 is 1.12 bits per heavy atom. The van der Waals surface area contributed by atoms with E-state index in [2.05, 4.69) is 4.52 Å². The molecule has 0 rings (SSSR count). The van der Waals surface area contributed by atoms with E-state index in [1.54, 1.807) is 0 Å². The smallest absolute Gasteiger partial charge is 0.268 e. The Bertz CT molecular complexity index is 228. The van der Waals surface area contributed by atoms with Crippen LogP contribution in [0.5, 0.6) is 0 Å². The lowest BCUT2D eigenvalue weighted by molar-refractivity contribution is -0.870. The molecule has 0 radical (unpaired) electrons. The summed E-state index contributed by atoms with van der Waals surface area (Å²) in [5, 5.41) is 0. The highest BCUT2D eigenvalue weighted by molar-refractivity contribution is 7.45. The maximum absolute atomic E-state index is 11.2. The van der Waals surface area contributed by atoms with Crippen LogP contribution in [0, 0.1) is 0 Å². The van der Waals surface area contributed by atoms with Gasteiger partial charge in [-0.15, -0.1) is 0 Å². The van der Waals surface area contributed by atoms with Crippen LogP contribution in [0.2, 0.25) is 0 Å². The Balaban J connectivity index is 3.66. The average Bonchev–Trinajstić information content (AvgIpc) is 2.10. The topological polar surface area (TPSA) is 67.8 Å². The number of likely N-dealkylation sites (N-methyl/N-ethyl adjacent to an activating group) is 1. The second-order valence-electron chi connectivity index (χ2n) is 4.32. The maximum atomic E-state index is 11.2. The summed E-state index contributed by atoms with van der Waals surface area (Å²) in [6, 6.07) is 0. The molecule has 0 saturated heterocycles. The molecule has 0 aromatic carbocycles. The van der Waals surface area contributed by atoms with E-state index in [4.69, 9.17) is 9.26 Å². The Hall–Kier alpha value is 0.0300. The van der Waals surface area contributed by atoms with Crippen molar-refractivity contribution in [3.8, 4) is 0 Å². The molecule has 1 atom stereocenters. The van der Waals surface area contributed by atoms with E-state index in [-0.39, 0.29) is 19.8 Å². The number of quaternary nitrogens is 1. The Morgan fingerprint density at radius 3 is 2.19 bits per heavy atom. The molecule has 0 aromatic rings. The number of phosphoric acid groups is 1. The second kappa shape index (κ2) is 7.37. The molecule has 0 heterocycles. The Labute approximate surface area is 97.3 Å². The van der Waals surface area contributed by atoms with Gasteiger partial charge in [0.15, 0.2) is 0 Å². The molecule has 16 heavy (non-hydrogen) atoms. The minimum absolute atomic E-state index is 0.000999. The first-order valence-corrected chi connectivity index (χ1v) is 6.71. The summed E-state index contributed by atoms with van der Waals surface area (Å²) >= 11 is 0. The van der Waals surface area contributed by atoms with Gasteiger partial charge in [-0.3, -0.25) is 4.57 Å². The second-order valence-corrected chi connectivity index (χ2v) is 5.74. The molecule has 98 valence electrons. The SMILES string of the molecule is CCOCCOP(=O)([O-])OCC[N+](C)(C)C. The summed E-state index contributed by atoms with van der Waals surface area (Å²) in [5.74, 6) is 0. The van der Waals surface area contributed by atoms with E-state index in [0.717, 1.165) is 0 Å². The van der Waals surface area contributed by atoms with Gasteiger partial charge in [0.05, 0.1) is 34.4 Å². The zero-order valence-corrected chi connectivity index (χ0v) is 11.4. The lowest BCUT2D eigenvalue weighted by atomic mass is 10.5. The molecule has 6 nitrogen and oxygen atoms in total. The highest BCUT2D eigenvalue weighted by Crippen LogP contribution is 2.37. The summed E-state index contributed by atoms with van der Waals surface area (Å²) in [6.07, 6.45) is 0. The van der Waals surface area contributed by atoms with Crippen molar-refractivity contribution >= 4 is 7.82 Å². The van der Waals surface area contributed by atoms with Crippen LogP contribution in [0.15, 0.2) is 0 Å². The fraction of sp³-hybridized carbons (Fsp3) is 1.00.